The monoisotopic (exact) mass is 798 g/mol. The Morgan fingerprint density at radius 1 is 0.712 bits per heavy atom. The van der Waals surface area contributed by atoms with Crippen molar-refractivity contribution in [3.63, 3.8) is 0 Å². The van der Waals surface area contributed by atoms with Gasteiger partial charge >= 0.3 is 0 Å². The van der Waals surface area contributed by atoms with Crippen molar-refractivity contribution >= 4 is 46.0 Å². The molecule has 1 aliphatic rings. The van der Waals surface area contributed by atoms with Crippen molar-refractivity contribution in [1.29, 1.82) is 0 Å². The van der Waals surface area contributed by atoms with E-state index >= 15 is 0 Å². The second kappa shape index (κ2) is 20.3. The van der Waals surface area contributed by atoms with E-state index in [4.69, 9.17) is 4.42 Å². The molecule has 4 aromatic carbocycles. The van der Waals surface area contributed by atoms with Gasteiger partial charge in [-0.3, -0.25) is 29.0 Å². The molecule has 4 amide bonds. The Morgan fingerprint density at radius 3 is 1.92 bits per heavy atom. The molecular formula is C48H58N6O5. The first kappa shape index (κ1) is 42.8. The topological polar surface area (TPSA) is 118 Å². The highest BCUT2D eigenvalue weighted by Crippen LogP contribution is 2.32. The molecule has 1 aliphatic heterocycles. The summed E-state index contributed by atoms with van der Waals surface area (Å²) in [5.74, 6) is 0.0346. The van der Waals surface area contributed by atoms with Gasteiger partial charge in [-0.05, 0) is 105 Å². The van der Waals surface area contributed by atoms with Crippen LogP contribution in [-0.2, 0) is 19.2 Å². The molecule has 310 valence electrons. The Morgan fingerprint density at radius 2 is 1.31 bits per heavy atom. The number of carbonyl (C=O) groups is 4. The zero-order valence-electron chi connectivity index (χ0n) is 35.0. The van der Waals surface area contributed by atoms with Gasteiger partial charge in [0.2, 0.25) is 23.6 Å². The number of amides is 4. The Balaban J connectivity index is 1.10. The zero-order chi connectivity index (χ0) is 41.9. The Labute approximate surface area is 348 Å². The highest BCUT2D eigenvalue weighted by Gasteiger charge is 2.39. The van der Waals surface area contributed by atoms with E-state index in [0.717, 1.165) is 48.0 Å². The van der Waals surface area contributed by atoms with Gasteiger partial charge in [-0.1, -0.05) is 95.3 Å². The molecule has 11 heteroatoms. The molecule has 0 radical (unpaired) electrons. The van der Waals surface area contributed by atoms with Crippen LogP contribution in [0.2, 0.25) is 0 Å². The van der Waals surface area contributed by atoms with E-state index in [9.17, 15) is 19.2 Å². The molecule has 0 unspecified atom stereocenters. The van der Waals surface area contributed by atoms with Crippen molar-refractivity contribution in [2.24, 2.45) is 0 Å². The minimum atomic E-state index is -0.562. The maximum absolute atomic E-state index is 14.1. The molecule has 11 nitrogen and oxygen atoms in total. The molecular weight excluding hydrogens is 741 g/mol. The van der Waals surface area contributed by atoms with E-state index in [1.807, 2.05) is 130 Å². The van der Waals surface area contributed by atoms with Crippen LogP contribution < -0.4 is 10.6 Å². The van der Waals surface area contributed by atoms with Gasteiger partial charge in [-0.15, -0.1) is 0 Å². The predicted molar refractivity (Wildman–Crippen MR) is 235 cm³/mol. The van der Waals surface area contributed by atoms with Gasteiger partial charge < -0.3 is 24.9 Å². The third kappa shape index (κ3) is 10.1. The van der Waals surface area contributed by atoms with Crippen LogP contribution in [0.25, 0.3) is 22.3 Å². The van der Waals surface area contributed by atoms with Crippen LogP contribution in [0.1, 0.15) is 77.1 Å². The number of likely N-dealkylation sites (N-methyl/N-ethyl adjacent to an activating group) is 2. The molecule has 1 saturated heterocycles. The van der Waals surface area contributed by atoms with Crippen molar-refractivity contribution in [2.75, 3.05) is 56.4 Å². The number of benzene rings is 4. The van der Waals surface area contributed by atoms with E-state index in [1.165, 1.54) is 0 Å². The van der Waals surface area contributed by atoms with E-state index in [1.54, 1.807) is 9.80 Å². The fraction of sp³-hybridized carbons (Fsp3) is 0.375. The normalized spacial score (nSPS) is 15.0. The van der Waals surface area contributed by atoms with E-state index in [-0.39, 0.29) is 30.2 Å². The zero-order valence-corrected chi connectivity index (χ0v) is 35.0. The third-order valence-electron chi connectivity index (χ3n) is 11.3. The van der Waals surface area contributed by atoms with Crippen molar-refractivity contribution in [2.45, 2.75) is 72.0 Å². The average Bonchev–Trinajstić information content (AvgIpc) is 3.93. The van der Waals surface area contributed by atoms with Crippen molar-refractivity contribution < 1.29 is 23.6 Å². The molecule has 5 aromatic rings. The number of hydrogen-bond acceptors (Lipinski definition) is 7. The highest BCUT2D eigenvalue weighted by molar-refractivity contribution is 6.00. The van der Waals surface area contributed by atoms with Crippen LogP contribution in [0.15, 0.2) is 114 Å². The number of carbonyl (C=O) groups excluding carboxylic acids is 4. The summed E-state index contributed by atoms with van der Waals surface area (Å²) < 4.78 is 6.19. The number of nitrogens with one attached hydrogen (secondary N) is 2. The fourth-order valence-electron chi connectivity index (χ4n) is 8.22. The Kier molecular flexibility index (Phi) is 14.7. The predicted octanol–water partition coefficient (Wildman–Crippen LogP) is 8.37. The molecule has 2 N–H and O–H groups in total. The van der Waals surface area contributed by atoms with E-state index in [0.29, 0.717) is 55.3 Å². The number of nitrogens with zero attached hydrogens (tertiary/aromatic N) is 4. The van der Waals surface area contributed by atoms with Crippen molar-refractivity contribution in [1.82, 2.24) is 19.6 Å². The lowest BCUT2D eigenvalue weighted by molar-refractivity contribution is -0.141. The molecule has 0 bridgehead atoms. The van der Waals surface area contributed by atoms with Crippen LogP contribution in [0.3, 0.4) is 0 Å². The molecule has 1 fully saturated rings. The van der Waals surface area contributed by atoms with Crippen LogP contribution >= 0.6 is 0 Å². The lowest BCUT2D eigenvalue weighted by atomic mass is 10.0. The molecule has 0 aliphatic carbocycles. The van der Waals surface area contributed by atoms with Gasteiger partial charge in [0.1, 0.15) is 29.5 Å². The summed E-state index contributed by atoms with van der Waals surface area (Å²) >= 11 is 0. The van der Waals surface area contributed by atoms with Crippen LogP contribution in [-0.4, -0.2) is 95.1 Å². The van der Waals surface area contributed by atoms with Crippen molar-refractivity contribution in [3.8, 4) is 11.3 Å². The molecule has 59 heavy (non-hydrogen) atoms. The number of hydrogen-bond donors (Lipinski definition) is 2. The first-order chi connectivity index (χ1) is 28.7. The Bertz CT molecular complexity index is 2160. The van der Waals surface area contributed by atoms with E-state index < -0.39 is 18.1 Å². The molecule has 2 heterocycles. The first-order valence-corrected chi connectivity index (χ1v) is 21.1. The number of rotatable bonds is 18. The highest BCUT2D eigenvalue weighted by atomic mass is 16.3. The second-order valence-electron chi connectivity index (χ2n) is 15.0. The summed E-state index contributed by atoms with van der Waals surface area (Å²) in [4.78, 5) is 62.8. The molecule has 0 spiro atoms. The summed E-state index contributed by atoms with van der Waals surface area (Å²) in [5.41, 5.74) is 4.56. The van der Waals surface area contributed by atoms with Crippen LogP contribution in [0.5, 0.6) is 0 Å². The summed E-state index contributed by atoms with van der Waals surface area (Å²) in [5, 5.41) is 6.86. The number of likely N-dealkylation sites (tertiary alicyclic amines) is 1. The minimum absolute atomic E-state index is 0.0468. The average molecular weight is 799 g/mol. The minimum Gasteiger partial charge on any atom is -0.456 e. The lowest BCUT2D eigenvalue weighted by Crippen LogP contribution is -2.48. The molecule has 6 rings (SSSR count). The lowest BCUT2D eigenvalue weighted by Gasteiger charge is -2.34. The fourth-order valence-corrected chi connectivity index (χ4v) is 8.22. The standard InChI is InChI=1S/C48H58N6O5/c1-6-29-53(47(57)44(51(7-2)8-3)35-18-13-11-14-19-35)33-43(55)49-38-25-23-34(24-26-38)42-32-37-31-39(27-28-41(37)59-42)50-46(56)40-22-17-30-54(40)48(58)45(52(9-4)10-5)36-20-15-12-16-21-36/h11-16,18-21,23-28,31-32,40,44-45H,6-10,17,22,29-30,33H2,1-5H3,(H,49,55)(H,50,56)/t40-,44+,45+/m0/s1. The molecule has 3 atom stereocenters. The molecule has 0 saturated carbocycles. The van der Waals surface area contributed by atoms with E-state index in [2.05, 4.69) is 34.3 Å². The van der Waals surface area contributed by atoms with Crippen molar-refractivity contribution in [3.05, 3.63) is 120 Å². The van der Waals surface area contributed by atoms with Gasteiger partial charge in [0, 0.05) is 35.4 Å². The van der Waals surface area contributed by atoms with Gasteiger partial charge in [-0.2, -0.15) is 0 Å². The number of anilines is 2. The summed E-state index contributed by atoms with van der Waals surface area (Å²) in [6.07, 6.45) is 2.09. The quantitative estimate of drug-likeness (QED) is 0.0915. The largest absolute Gasteiger partial charge is 0.456 e. The number of fused-ring (bicyclic) bond motifs is 1. The SMILES string of the molecule is CCCN(CC(=O)Nc1ccc(-c2cc3cc(NC(=O)[C@@H]4CCCN4C(=O)[C@@H](c4ccccc4)N(CC)CC)ccc3o2)cc1)C(=O)[C@@H](c1ccccc1)N(CC)CC. The summed E-state index contributed by atoms with van der Waals surface area (Å²) in [6, 6.07) is 32.9. The third-order valence-corrected chi connectivity index (χ3v) is 11.3. The first-order valence-electron chi connectivity index (χ1n) is 21.1. The van der Waals surface area contributed by atoms with Gasteiger partial charge in [-0.25, -0.2) is 0 Å². The van der Waals surface area contributed by atoms with Crippen LogP contribution in [0, 0.1) is 0 Å². The van der Waals surface area contributed by atoms with Crippen LogP contribution in [0.4, 0.5) is 11.4 Å². The van der Waals surface area contributed by atoms with Gasteiger partial charge in [0.15, 0.2) is 0 Å². The maximum Gasteiger partial charge on any atom is 0.247 e. The van der Waals surface area contributed by atoms with Gasteiger partial charge in [0.25, 0.3) is 0 Å². The number of furan rings is 1. The second-order valence-corrected chi connectivity index (χ2v) is 15.0. The van der Waals surface area contributed by atoms with Gasteiger partial charge in [0.05, 0.1) is 6.54 Å². The summed E-state index contributed by atoms with van der Waals surface area (Å²) in [6.45, 7) is 14.0. The smallest absolute Gasteiger partial charge is 0.247 e. The Hall–Kier alpha value is -5.78. The summed E-state index contributed by atoms with van der Waals surface area (Å²) in [7, 11) is 0. The maximum atomic E-state index is 14.1. The molecule has 1 aromatic heterocycles.